The van der Waals surface area contributed by atoms with Gasteiger partial charge in [0.25, 0.3) is 0 Å². The van der Waals surface area contributed by atoms with Gasteiger partial charge in [-0.05, 0) is 23.3 Å². The number of pyridine rings is 1. The predicted molar refractivity (Wildman–Crippen MR) is 94.2 cm³/mol. The fourth-order valence-corrected chi connectivity index (χ4v) is 2.24. The van der Waals surface area contributed by atoms with Gasteiger partial charge in [-0.2, -0.15) is 4.98 Å². The number of hydrogen-bond acceptors (Lipinski definition) is 6. The van der Waals surface area contributed by atoms with E-state index in [1.165, 1.54) is 10.9 Å². The van der Waals surface area contributed by atoms with Crippen molar-refractivity contribution in [2.24, 2.45) is 0 Å². The van der Waals surface area contributed by atoms with Crippen LogP contribution in [0.2, 0.25) is 0 Å². The fraction of sp³-hybridized carbons (Fsp3) is 0.222. The lowest BCUT2D eigenvalue weighted by atomic mass is 10.2. The second kappa shape index (κ2) is 8.70. The van der Waals surface area contributed by atoms with E-state index < -0.39 is 0 Å². The van der Waals surface area contributed by atoms with E-state index in [9.17, 15) is 4.79 Å². The molecule has 128 valence electrons. The summed E-state index contributed by atoms with van der Waals surface area (Å²) in [6.45, 7) is 2.00. The van der Waals surface area contributed by atoms with E-state index >= 15 is 0 Å². The van der Waals surface area contributed by atoms with Crippen LogP contribution in [0.3, 0.4) is 0 Å². The molecule has 0 spiro atoms. The van der Waals surface area contributed by atoms with E-state index in [1.807, 2.05) is 42.5 Å². The molecule has 0 atom stereocenters. The summed E-state index contributed by atoms with van der Waals surface area (Å²) in [6.07, 6.45) is 4.86. The first kappa shape index (κ1) is 16.8. The Bertz CT molecular complexity index is 837. The molecule has 0 saturated heterocycles. The first-order valence-corrected chi connectivity index (χ1v) is 7.99. The van der Waals surface area contributed by atoms with Crippen LogP contribution in [-0.2, 0) is 17.9 Å². The van der Waals surface area contributed by atoms with Crippen LogP contribution < -0.4 is 11.0 Å². The van der Waals surface area contributed by atoms with Crippen molar-refractivity contribution >= 4 is 5.95 Å². The Hall–Kier alpha value is -3.06. The van der Waals surface area contributed by atoms with Gasteiger partial charge in [0.1, 0.15) is 6.33 Å². The molecule has 0 aliphatic carbocycles. The Morgan fingerprint density at radius 3 is 2.60 bits per heavy atom. The van der Waals surface area contributed by atoms with E-state index in [1.54, 1.807) is 12.4 Å². The molecule has 2 heterocycles. The summed E-state index contributed by atoms with van der Waals surface area (Å²) >= 11 is 0. The van der Waals surface area contributed by atoms with Crippen molar-refractivity contribution in [3.05, 3.63) is 82.8 Å². The summed E-state index contributed by atoms with van der Waals surface area (Å²) in [4.78, 5) is 24.1. The van der Waals surface area contributed by atoms with Crippen LogP contribution in [0.15, 0.2) is 66.0 Å². The van der Waals surface area contributed by atoms with Gasteiger partial charge in [0, 0.05) is 18.9 Å². The van der Waals surface area contributed by atoms with Crippen LogP contribution in [-0.4, -0.2) is 32.7 Å². The van der Waals surface area contributed by atoms with Crippen molar-refractivity contribution in [2.45, 2.75) is 13.2 Å². The molecule has 0 saturated carbocycles. The molecule has 7 nitrogen and oxygen atoms in total. The number of benzene rings is 1. The van der Waals surface area contributed by atoms with Gasteiger partial charge in [-0.3, -0.25) is 9.55 Å². The van der Waals surface area contributed by atoms with Crippen molar-refractivity contribution in [1.29, 1.82) is 0 Å². The highest BCUT2D eigenvalue weighted by Gasteiger charge is 2.02. The molecule has 0 unspecified atom stereocenters. The van der Waals surface area contributed by atoms with Gasteiger partial charge in [-0.1, -0.05) is 30.3 Å². The van der Waals surface area contributed by atoms with Crippen molar-refractivity contribution < 1.29 is 4.74 Å². The fourth-order valence-electron chi connectivity index (χ4n) is 2.24. The van der Waals surface area contributed by atoms with Gasteiger partial charge < -0.3 is 10.1 Å². The van der Waals surface area contributed by atoms with Crippen LogP contribution in [0.4, 0.5) is 5.95 Å². The number of nitrogens with one attached hydrogen (secondary N) is 1. The zero-order valence-corrected chi connectivity index (χ0v) is 13.7. The lowest BCUT2D eigenvalue weighted by molar-refractivity contribution is 0.130. The maximum Gasteiger partial charge on any atom is 0.352 e. The quantitative estimate of drug-likeness (QED) is 0.630. The van der Waals surface area contributed by atoms with Crippen molar-refractivity contribution in [2.75, 3.05) is 18.5 Å². The number of anilines is 1. The highest BCUT2D eigenvalue weighted by Crippen LogP contribution is 2.01. The summed E-state index contributed by atoms with van der Waals surface area (Å²) in [7, 11) is 0. The minimum atomic E-state index is -0.348. The standard InChI is InChI=1S/C18H19N5O2/c24-18-22-17(20-10-11-25-13-16-4-2-1-3-5-16)21-14-23(18)12-15-6-8-19-9-7-15/h1-9,14H,10-13H2,(H,20,22,24). The van der Waals surface area contributed by atoms with Crippen LogP contribution in [0.5, 0.6) is 0 Å². The molecule has 0 radical (unpaired) electrons. The van der Waals surface area contributed by atoms with Gasteiger partial charge in [-0.15, -0.1) is 0 Å². The number of aromatic nitrogens is 4. The second-order valence-corrected chi connectivity index (χ2v) is 5.41. The van der Waals surface area contributed by atoms with Gasteiger partial charge in [0.15, 0.2) is 0 Å². The van der Waals surface area contributed by atoms with Gasteiger partial charge in [0.2, 0.25) is 5.95 Å². The molecular weight excluding hydrogens is 318 g/mol. The number of hydrogen-bond donors (Lipinski definition) is 1. The molecule has 1 aromatic carbocycles. The number of rotatable bonds is 8. The highest BCUT2D eigenvalue weighted by atomic mass is 16.5. The van der Waals surface area contributed by atoms with Gasteiger partial charge in [0.05, 0.1) is 19.8 Å². The van der Waals surface area contributed by atoms with Crippen LogP contribution in [0, 0.1) is 0 Å². The lowest BCUT2D eigenvalue weighted by Gasteiger charge is -2.08. The van der Waals surface area contributed by atoms with Crippen LogP contribution >= 0.6 is 0 Å². The van der Waals surface area contributed by atoms with Crippen molar-refractivity contribution in [3.8, 4) is 0 Å². The van der Waals surface area contributed by atoms with E-state index in [0.29, 0.717) is 32.3 Å². The topological polar surface area (TPSA) is 81.9 Å². The van der Waals surface area contributed by atoms with Crippen LogP contribution in [0.25, 0.3) is 0 Å². The number of ether oxygens (including phenoxy) is 1. The zero-order chi connectivity index (χ0) is 17.3. The van der Waals surface area contributed by atoms with Gasteiger partial charge >= 0.3 is 5.69 Å². The summed E-state index contributed by atoms with van der Waals surface area (Å²) in [5.41, 5.74) is 1.74. The SMILES string of the molecule is O=c1nc(NCCOCc2ccccc2)ncn1Cc1ccncc1. The predicted octanol–water partition coefficient (Wildman–Crippen LogP) is 1.71. The van der Waals surface area contributed by atoms with E-state index in [2.05, 4.69) is 20.3 Å². The summed E-state index contributed by atoms with van der Waals surface area (Å²) in [6, 6.07) is 13.7. The first-order valence-electron chi connectivity index (χ1n) is 7.99. The lowest BCUT2D eigenvalue weighted by Crippen LogP contribution is -2.26. The third-order valence-corrected chi connectivity index (χ3v) is 3.51. The maximum atomic E-state index is 12.0. The average Bonchev–Trinajstić information content (AvgIpc) is 2.65. The smallest absolute Gasteiger partial charge is 0.352 e. The molecule has 0 bridgehead atoms. The Labute approximate surface area is 145 Å². The molecule has 3 aromatic rings. The second-order valence-electron chi connectivity index (χ2n) is 5.41. The largest absolute Gasteiger partial charge is 0.375 e. The van der Waals surface area contributed by atoms with Crippen molar-refractivity contribution in [1.82, 2.24) is 19.5 Å². The third-order valence-electron chi connectivity index (χ3n) is 3.51. The summed E-state index contributed by atoms with van der Waals surface area (Å²) in [5, 5.41) is 2.99. The number of nitrogens with zero attached hydrogens (tertiary/aromatic N) is 4. The summed E-state index contributed by atoms with van der Waals surface area (Å²) < 4.78 is 7.02. The Kier molecular flexibility index (Phi) is 5.84. The molecule has 1 N–H and O–H groups in total. The third kappa shape index (κ3) is 5.22. The normalized spacial score (nSPS) is 10.6. The molecule has 2 aromatic heterocycles. The van der Waals surface area contributed by atoms with Crippen LogP contribution in [0.1, 0.15) is 11.1 Å². The zero-order valence-electron chi connectivity index (χ0n) is 13.7. The Balaban J connectivity index is 1.45. The minimum absolute atomic E-state index is 0.305. The first-order chi connectivity index (χ1) is 12.3. The molecule has 0 aliphatic heterocycles. The molecule has 25 heavy (non-hydrogen) atoms. The molecule has 0 fully saturated rings. The summed E-state index contributed by atoms with van der Waals surface area (Å²) in [5.74, 6) is 0.305. The molecule has 3 rings (SSSR count). The molecule has 0 amide bonds. The monoisotopic (exact) mass is 337 g/mol. The average molecular weight is 337 g/mol. The Morgan fingerprint density at radius 2 is 1.84 bits per heavy atom. The maximum absolute atomic E-state index is 12.0. The minimum Gasteiger partial charge on any atom is -0.375 e. The Morgan fingerprint density at radius 1 is 1.04 bits per heavy atom. The van der Waals surface area contributed by atoms with E-state index in [0.717, 1.165) is 11.1 Å². The van der Waals surface area contributed by atoms with Crippen molar-refractivity contribution in [3.63, 3.8) is 0 Å². The van der Waals surface area contributed by atoms with E-state index in [4.69, 9.17) is 4.74 Å². The van der Waals surface area contributed by atoms with Gasteiger partial charge in [-0.25, -0.2) is 9.78 Å². The molecular formula is C18H19N5O2. The molecule has 7 heteroatoms. The highest BCUT2D eigenvalue weighted by molar-refractivity contribution is 5.21. The van der Waals surface area contributed by atoms with E-state index in [-0.39, 0.29) is 5.69 Å². The molecule has 0 aliphatic rings.